The second-order valence-electron chi connectivity index (χ2n) is 6.96. The van der Waals surface area contributed by atoms with Crippen molar-refractivity contribution in [3.63, 3.8) is 0 Å². The lowest BCUT2D eigenvalue weighted by Gasteiger charge is -2.15. The highest BCUT2D eigenvalue weighted by Gasteiger charge is 2.46. The quantitative estimate of drug-likeness (QED) is 0.477. The van der Waals surface area contributed by atoms with Gasteiger partial charge in [-0.3, -0.25) is 9.69 Å². The summed E-state index contributed by atoms with van der Waals surface area (Å²) in [6.45, 7) is 2.51. The monoisotopic (exact) mass is 435 g/mol. The van der Waals surface area contributed by atoms with Crippen LogP contribution in [0, 0.1) is 0 Å². The van der Waals surface area contributed by atoms with Crippen LogP contribution in [0.25, 0.3) is 0 Å². The molecule has 3 rings (SSSR count). The van der Waals surface area contributed by atoms with Crippen LogP contribution in [-0.4, -0.2) is 60.6 Å². The Hall–Kier alpha value is -2.00. The Bertz CT molecular complexity index is 695. The Morgan fingerprint density at radius 3 is 2.69 bits per heavy atom. The normalized spacial score (nSPS) is 18.8. The Kier molecular flexibility index (Phi) is 8.15. The van der Waals surface area contributed by atoms with Gasteiger partial charge in [0.1, 0.15) is 18.4 Å². The van der Waals surface area contributed by atoms with Gasteiger partial charge in [0, 0.05) is 19.6 Å². The topological polar surface area (TPSA) is 61.9 Å². The summed E-state index contributed by atoms with van der Waals surface area (Å²) in [5, 5.41) is 3.14. The van der Waals surface area contributed by atoms with Gasteiger partial charge in [0.15, 0.2) is 0 Å². The molecule has 10 heteroatoms. The molecule has 2 aliphatic heterocycles. The summed E-state index contributed by atoms with van der Waals surface area (Å²) in [5.74, 6) is 0.105. The van der Waals surface area contributed by atoms with Crippen LogP contribution in [0.15, 0.2) is 24.3 Å². The standard InChI is InChI=1S/C19H24F3N3O3.ClH/c20-19(21,22)14-5-3-6-15(13-14)28-12-9-23-8-1-2-10-25-17(26)16-7-4-11-24(16)18(25)27;/h3,5-6,13,16,23H,1-2,4,7-12H2;1H. The SMILES string of the molecule is Cl.O=C1C2CCCN2C(=O)N1CCCCNCCOc1cccc(C(F)(F)F)c1. The lowest BCUT2D eigenvalue weighted by molar-refractivity contribution is -0.137. The number of hydrogen-bond acceptors (Lipinski definition) is 4. The summed E-state index contributed by atoms with van der Waals surface area (Å²) in [4.78, 5) is 27.3. The smallest absolute Gasteiger partial charge is 0.416 e. The van der Waals surface area contributed by atoms with E-state index in [9.17, 15) is 22.8 Å². The maximum atomic E-state index is 12.6. The van der Waals surface area contributed by atoms with Gasteiger partial charge < -0.3 is 15.0 Å². The van der Waals surface area contributed by atoms with Crippen LogP contribution in [0.4, 0.5) is 18.0 Å². The lowest BCUT2D eigenvalue weighted by atomic mass is 10.2. The number of fused-ring (bicyclic) bond motifs is 1. The third kappa shape index (κ3) is 5.76. The van der Waals surface area contributed by atoms with Crippen molar-refractivity contribution in [1.82, 2.24) is 15.1 Å². The molecule has 0 bridgehead atoms. The second-order valence-corrected chi connectivity index (χ2v) is 6.96. The van der Waals surface area contributed by atoms with Gasteiger partial charge in [0.25, 0.3) is 5.91 Å². The first kappa shape index (κ1) is 23.3. The van der Waals surface area contributed by atoms with E-state index >= 15 is 0 Å². The number of ether oxygens (including phenoxy) is 1. The van der Waals surface area contributed by atoms with E-state index in [1.165, 1.54) is 17.0 Å². The van der Waals surface area contributed by atoms with E-state index in [4.69, 9.17) is 4.74 Å². The van der Waals surface area contributed by atoms with E-state index in [0.29, 0.717) is 32.6 Å². The van der Waals surface area contributed by atoms with Crippen LogP contribution in [0.3, 0.4) is 0 Å². The Labute approximate surface area is 173 Å². The van der Waals surface area contributed by atoms with E-state index in [1.54, 1.807) is 4.90 Å². The summed E-state index contributed by atoms with van der Waals surface area (Å²) >= 11 is 0. The van der Waals surface area contributed by atoms with Crippen LogP contribution < -0.4 is 10.1 Å². The molecule has 2 aliphatic rings. The van der Waals surface area contributed by atoms with Crippen LogP contribution in [0.5, 0.6) is 5.75 Å². The van der Waals surface area contributed by atoms with E-state index in [0.717, 1.165) is 31.4 Å². The first-order chi connectivity index (χ1) is 13.4. The van der Waals surface area contributed by atoms with Gasteiger partial charge in [0.2, 0.25) is 0 Å². The molecular weight excluding hydrogens is 411 g/mol. The van der Waals surface area contributed by atoms with Crippen LogP contribution in [0.2, 0.25) is 0 Å². The molecule has 2 heterocycles. The molecule has 0 radical (unpaired) electrons. The van der Waals surface area contributed by atoms with E-state index < -0.39 is 11.7 Å². The molecule has 1 N–H and O–H groups in total. The fraction of sp³-hybridized carbons (Fsp3) is 0.579. The molecule has 162 valence electrons. The predicted octanol–water partition coefficient (Wildman–Crippen LogP) is 3.30. The molecule has 3 amide bonds. The molecule has 2 saturated heterocycles. The predicted molar refractivity (Wildman–Crippen MR) is 103 cm³/mol. The molecule has 29 heavy (non-hydrogen) atoms. The van der Waals surface area contributed by atoms with Crippen molar-refractivity contribution in [2.45, 2.75) is 37.9 Å². The number of alkyl halides is 3. The molecule has 2 fully saturated rings. The van der Waals surface area contributed by atoms with Crippen molar-refractivity contribution < 1.29 is 27.5 Å². The molecule has 1 aromatic carbocycles. The summed E-state index contributed by atoms with van der Waals surface area (Å²) in [6.07, 6.45) is -1.24. The Balaban J connectivity index is 0.00000300. The van der Waals surface area contributed by atoms with Crippen LogP contribution >= 0.6 is 12.4 Å². The number of carbonyl (C=O) groups is 2. The van der Waals surface area contributed by atoms with Gasteiger partial charge in [-0.05, 0) is 50.4 Å². The molecular formula is C19H25ClF3N3O3. The van der Waals surface area contributed by atoms with Crippen molar-refractivity contribution in [1.29, 1.82) is 0 Å². The van der Waals surface area contributed by atoms with Crippen LogP contribution in [-0.2, 0) is 11.0 Å². The van der Waals surface area contributed by atoms with E-state index in [2.05, 4.69) is 5.32 Å². The highest BCUT2D eigenvalue weighted by Crippen LogP contribution is 2.31. The number of nitrogens with one attached hydrogen (secondary N) is 1. The summed E-state index contributed by atoms with van der Waals surface area (Å²) in [6, 6.07) is 4.37. The van der Waals surface area contributed by atoms with E-state index in [1.807, 2.05) is 0 Å². The minimum atomic E-state index is -4.38. The number of carbonyl (C=O) groups excluding carboxylic acids is 2. The van der Waals surface area contributed by atoms with Gasteiger partial charge in [-0.25, -0.2) is 4.79 Å². The first-order valence-corrected chi connectivity index (χ1v) is 9.50. The Morgan fingerprint density at radius 1 is 1.17 bits per heavy atom. The maximum absolute atomic E-state index is 12.6. The molecule has 0 aromatic heterocycles. The fourth-order valence-electron chi connectivity index (χ4n) is 3.54. The van der Waals surface area contributed by atoms with Crippen molar-refractivity contribution in [2.24, 2.45) is 0 Å². The summed E-state index contributed by atoms with van der Waals surface area (Å²) in [5.41, 5.74) is -0.732. The van der Waals surface area contributed by atoms with Gasteiger partial charge in [0.05, 0.1) is 5.56 Å². The average molecular weight is 436 g/mol. The van der Waals surface area contributed by atoms with Gasteiger partial charge >= 0.3 is 12.2 Å². The largest absolute Gasteiger partial charge is 0.492 e. The number of hydrogen-bond donors (Lipinski definition) is 1. The van der Waals surface area contributed by atoms with E-state index in [-0.39, 0.29) is 42.7 Å². The zero-order valence-electron chi connectivity index (χ0n) is 15.9. The zero-order chi connectivity index (χ0) is 20.1. The molecule has 6 nitrogen and oxygen atoms in total. The fourth-order valence-corrected chi connectivity index (χ4v) is 3.54. The van der Waals surface area contributed by atoms with Gasteiger partial charge in [-0.1, -0.05) is 6.07 Å². The number of unbranched alkanes of at least 4 members (excludes halogenated alkanes) is 1. The second kappa shape index (κ2) is 10.2. The third-order valence-electron chi connectivity index (χ3n) is 4.97. The number of rotatable bonds is 9. The zero-order valence-corrected chi connectivity index (χ0v) is 16.7. The highest BCUT2D eigenvalue weighted by molar-refractivity contribution is 6.04. The summed E-state index contributed by atoms with van der Waals surface area (Å²) < 4.78 is 43.3. The lowest BCUT2D eigenvalue weighted by Crippen LogP contribution is -2.34. The number of benzene rings is 1. The van der Waals surface area contributed by atoms with Crippen LogP contribution in [0.1, 0.15) is 31.2 Å². The van der Waals surface area contributed by atoms with Crippen molar-refractivity contribution in [3.8, 4) is 5.75 Å². The molecule has 1 unspecified atom stereocenters. The Morgan fingerprint density at radius 2 is 1.97 bits per heavy atom. The molecule has 0 aliphatic carbocycles. The van der Waals surface area contributed by atoms with Gasteiger partial charge in [-0.2, -0.15) is 13.2 Å². The van der Waals surface area contributed by atoms with Crippen molar-refractivity contribution >= 4 is 24.3 Å². The highest BCUT2D eigenvalue weighted by atomic mass is 35.5. The van der Waals surface area contributed by atoms with Gasteiger partial charge in [-0.15, -0.1) is 12.4 Å². The number of halogens is 4. The van der Waals surface area contributed by atoms with Crippen molar-refractivity contribution in [2.75, 3.05) is 32.8 Å². The third-order valence-corrected chi connectivity index (χ3v) is 4.97. The average Bonchev–Trinajstić information content (AvgIpc) is 3.22. The number of urea groups is 1. The minimum absolute atomic E-state index is 0. The molecule has 1 aromatic rings. The van der Waals surface area contributed by atoms with Crippen molar-refractivity contribution in [3.05, 3.63) is 29.8 Å². The molecule has 0 spiro atoms. The number of nitrogens with zero attached hydrogens (tertiary/aromatic N) is 2. The first-order valence-electron chi connectivity index (χ1n) is 9.50. The summed E-state index contributed by atoms with van der Waals surface area (Å²) in [7, 11) is 0. The molecule has 0 saturated carbocycles. The minimum Gasteiger partial charge on any atom is -0.492 e. The number of amides is 3. The number of imide groups is 1. The molecule has 1 atom stereocenters. The maximum Gasteiger partial charge on any atom is 0.416 e.